The van der Waals surface area contributed by atoms with E-state index in [9.17, 15) is 9.59 Å². The summed E-state index contributed by atoms with van der Waals surface area (Å²) in [5.41, 5.74) is 0.393. The minimum absolute atomic E-state index is 0.0587. The lowest BCUT2D eigenvalue weighted by molar-refractivity contribution is -0.134. The molecule has 1 aromatic carbocycles. The summed E-state index contributed by atoms with van der Waals surface area (Å²) in [5.74, 6) is 0.283. The average Bonchev–Trinajstić information content (AvgIpc) is 3.14. The van der Waals surface area contributed by atoms with Crippen molar-refractivity contribution in [1.82, 2.24) is 15.2 Å². The lowest BCUT2D eigenvalue weighted by Crippen LogP contribution is -2.35. The van der Waals surface area contributed by atoms with E-state index in [0.717, 1.165) is 17.8 Å². The highest BCUT2D eigenvalue weighted by Crippen LogP contribution is 2.16. The number of carbonyl (C=O) groups excluding carboxylic acids is 2. The van der Waals surface area contributed by atoms with Crippen LogP contribution in [0.3, 0.4) is 0 Å². The van der Waals surface area contributed by atoms with Crippen molar-refractivity contribution in [2.24, 2.45) is 0 Å². The normalized spacial score (nSPS) is 10.5. The molecule has 1 heterocycles. The molecule has 0 bridgehead atoms. The second kappa shape index (κ2) is 10.9. The Kier molecular flexibility index (Phi) is 8.54. The molecule has 0 fully saturated rings. The minimum Gasteiger partial charge on any atom is -0.484 e. The van der Waals surface area contributed by atoms with Crippen LogP contribution in [0.15, 0.2) is 29.6 Å². The van der Waals surface area contributed by atoms with Gasteiger partial charge in [0.2, 0.25) is 0 Å². The molecule has 0 radical (unpaired) electrons. The number of carbonyl (C=O) groups is 2. The van der Waals surface area contributed by atoms with Crippen LogP contribution < -0.4 is 10.1 Å². The summed E-state index contributed by atoms with van der Waals surface area (Å²) in [7, 11) is 0. The van der Waals surface area contributed by atoms with Crippen molar-refractivity contribution in [2.75, 3.05) is 19.7 Å². The van der Waals surface area contributed by atoms with E-state index >= 15 is 0 Å². The summed E-state index contributed by atoms with van der Waals surface area (Å²) in [4.78, 5) is 30.6. The molecule has 0 saturated carbocycles. The molecular weight excluding hydrogens is 386 g/mol. The molecule has 0 spiro atoms. The number of aromatic nitrogens is 1. The van der Waals surface area contributed by atoms with Crippen LogP contribution in [-0.2, 0) is 11.3 Å². The molecule has 146 valence electrons. The summed E-state index contributed by atoms with van der Waals surface area (Å²) in [6.07, 6.45) is 1.69. The van der Waals surface area contributed by atoms with E-state index in [4.69, 9.17) is 16.3 Å². The molecule has 27 heavy (non-hydrogen) atoms. The summed E-state index contributed by atoms with van der Waals surface area (Å²) in [6, 6.07) is 6.88. The van der Waals surface area contributed by atoms with Crippen LogP contribution >= 0.6 is 22.9 Å². The highest BCUT2D eigenvalue weighted by atomic mass is 35.5. The fourth-order valence-electron chi connectivity index (χ4n) is 2.31. The summed E-state index contributed by atoms with van der Waals surface area (Å²) < 4.78 is 5.54. The Hall–Kier alpha value is -2.12. The number of hydrogen-bond acceptors (Lipinski definition) is 5. The zero-order valence-corrected chi connectivity index (χ0v) is 17.1. The third-order valence-electron chi connectivity index (χ3n) is 3.67. The number of benzene rings is 1. The zero-order chi connectivity index (χ0) is 19.6. The number of ether oxygens (including phenoxy) is 1. The summed E-state index contributed by atoms with van der Waals surface area (Å²) in [6.45, 7) is 5.52. The van der Waals surface area contributed by atoms with Crippen molar-refractivity contribution in [3.05, 3.63) is 45.4 Å². The number of amides is 2. The lowest BCUT2D eigenvalue weighted by Gasteiger charge is -2.21. The zero-order valence-electron chi connectivity index (χ0n) is 15.5. The third-order valence-corrected chi connectivity index (χ3v) is 4.75. The van der Waals surface area contributed by atoms with Crippen LogP contribution in [0.1, 0.15) is 42.2 Å². The molecule has 2 amide bonds. The monoisotopic (exact) mass is 409 g/mol. The van der Waals surface area contributed by atoms with Gasteiger partial charge >= 0.3 is 0 Å². The van der Waals surface area contributed by atoms with Crippen LogP contribution in [-0.4, -0.2) is 41.4 Å². The van der Waals surface area contributed by atoms with Crippen molar-refractivity contribution in [2.45, 2.75) is 33.2 Å². The van der Waals surface area contributed by atoms with Gasteiger partial charge in [-0.1, -0.05) is 25.4 Å². The molecular formula is C19H24ClN3O3S. The predicted octanol–water partition coefficient (Wildman–Crippen LogP) is 3.75. The fraction of sp³-hybridized carbons (Fsp3) is 0.421. The number of nitrogens with one attached hydrogen (secondary N) is 1. The lowest BCUT2D eigenvalue weighted by atomic mass is 10.3. The number of rotatable bonds is 10. The smallest absolute Gasteiger partial charge is 0.270 e. The van der Waals surface area contributed by atoms with Gasteiger partial charge in [0.05, 0.1) is 6.54 Å². The van der Waals surface area contributed by atoms with Crippen molar-refractivity contribution >= 4 is 34.8 Å². The van der Waals surface area contributed by atoms with Gasteiger partial charge in [0.1, 0.15) is 16.5 Å². The van der Waals surface area contributed by atoms with E-state index in [1.807, 2.05) is 13.8 Å². The van der Waals surface area contributed by atoms with Crippen LogP contribution in [0.4, 0.5) is 0 Å². The molecule has 6 nitrogen and oxygen atoms in total. The Labute approximate surface area is 168 Å². The molecule has 8 heteroatoms. The van der Waals surface area contributed by atoms with Gasteiger partial charge in [-0.3, -0.25) is 9.59 Å². The van der Waals surface area contributed by atoms with Gasteiger partial charge in [0.25, 0.3) is 11.8 Å². The summed E-state index contributed by atoms with van der Waals surface area (Å²) >= 11 is 7.22. The first-order valence-corrected chi connectivity index (χ1v) is 10.2. The third kappa shape index (κ3) is 6.84. The van der Waals surface area contributed by atoms with Gasteiger partial charge in [0.15, 0.2) is 6.61 Å². The number of nitrogens with zero attached hydrogens (tertiary/aromatic N) is 2. The molecule has 1 N–H and O–H groups in total. The Morgan fingerprint density at radius 2 is 1.96 bits per heavy atom. The van der Waals surface area contributed by atoms with E-state index < -0.39 is 0 Å². The Balaban J connectivity index is 1.93. The van der Waals surface area contributed by atoms with Crippen molar-refractivity contribution in [3.8, 4) is 5.75 Å². The first kappa shape index (κ1) is 21.2. The molecule has 0 aliphatic rings. The highest BCUT2D eigenvalue weighted by molar-refractivity contribution is 7.09. The largest absolute Gasteiger partial charge is 0.484 e. The highest BCUT2D eigenvalue weighted by Gasteiger charge is 2.17. The van der Waals surface area contributed by atoms with Gasteiger partial charge < -0.3 is 15.0 Å². The van der Waals surface area contributed by atoms with Crippen molar-refractivity contribution < 1.29 is 14.3 Å². The molecule has 2 aromatic rings. The van der Waals surface area contributed by atoms with E-state index in [-0.39, 0.29) is 18.4 Å². The van der Waals surface area contributed by atoms with Crippen LogP contribution in [0.5, 0.6) is 5.75 Å². The van der Waals surface area contributed by atoms with E-state index in [1.165, 1.54) is 11.3 Å². The van der Waals surface area contributed by atoms with Crippen molar-refractivity contribution in [3.63, 3.8) is 0 Å². The molecule has 0 atom stereocenters. The minimum atomic E-state index is -0.182. The van der Waals surface area contributed by atoms with Crippen LogP contribution in [0, 0.1) is 0 Å². The molecule has 0 aliphatic carbocycles. The maximum atomic E-state index is 12.5. The maximum absolute atomic E-state index is 12.5. The van der Waals surface area contributed by atoms with Gasteiger partial charge in [-0.25, -0.2) is 4.98 Å². The summed E-state index contributed by atoms with van der Waals surface area (Å²) in [5, 5.41) is 5.86. The second-order valence-electron chi connectivity index (χ2n) is 5.94. The molecule has 1 aromatic heterocycles. The Morgan fingerprint density at radius 1 is 1.22 bits per heavy atom. The number of hydrogen-bond donors (Lipinski definition) is 1. The SMILES string of the molecule is CCCNC(=O)c1csc(CN(CCC)C(=O)COc2ccc(Cl)cc2)n1. The first-order chi connectivity index (χ1) is 13.0. The number of halogens is 1. The second-order valence-corrected chi connectivity index (χ2v) is 7.32. The average molecular weight is 410 g/mol. The number of thiazole rings is 1. The molecule has 0 aliphatic heterocycles. The van der Waals surface area contributed by atoms with Crippen LogP contribution in [0.25, 0.3) is 0 Å². The van der Waals surface area contributed by atoms with E-state index in [2.05, 4.69) is 10.3 Å². The van der Waals surface area contributed by atoms with Gasteiger partial charge in [-0.2, -0.15) is 0 Å². The van der Waals surface area contributed by atoms with E-state index in [1.54, 1.807) is 34.5 Å². The van der Waals surface area contributed by atoms with Gasteiger partial charge in [-0.15, -0.1) is 11.3 Å². The predicted molar refractivity (Wildman–Crippen MR) is 107 cm³/mol. The van der Waals surface area contributed by atoms with Gasteiger partial charge in [-0.05, 0) is 37.1 Å². The Bertz CT molecular complexity index is 749. The quantitative estimate of drug-likeness (QED) is 0.648. The molecule has 2 rings (SSSR count). The first-order valence-electron chi connectivity index (χ1n) is 8.92. The molecule has 0 unspecified atom stereocenters. The Morgan fingerprint density at radius 3 is 2.63 bits per heavy atom. The maximum Gasteiger partial charge on any atom is 0.270 e. The van der Waals surface area contributed by atoms with E-state index in [0.29, 0.717) is 36.1 Å². The van der Waals surface area contributed by atoms with Gasteiger partial charge in [0, 0.05) is 23.5 Å². The topological polar surface area (TPSA) is 71.5 Å². The fourth-order valence-corrected chi connectivity index (χ4v) is 3.22. The molecule has 0 saturated heterocycles. The van der Waals surface area contributed by atoms with Crippen LogP contribution in [0.2, 0.25) is 5.02 Å². The van der Waals surface area contributed by atoms with Crippen molar-refractivity contribution in [1.29, 1.82) is 0 Å². The standard InChI is InChI=1S/C19H24ClN3O3S/c1-3-9-21-19(25)16-13-27-17(22-16)11-23(10-4-2)18(24)12-26-15-7-5-14(20)6-8-15/h5-8,13H,3-4,9-12H2,1-2H3,(H,21,25).